The quantitative estimate of drug-likeness (QED) is 0.810. The molecule has 1 atom stereocenters. The minimum absolute atomic E-state index is 0. The molecule has 1 N–H and O–H groups in total. The molecule has 1 aromatic heterocycles. The van der Waals surface area contributed by atoms with Crippen molar-refractivity contribution in [3.05, 3.63) is 56.7 Å². The lowest BCUT2D eigenvalue weighted by atomic mass is 10.0. The fourth-order valence-corrected chi connectivity index (χ4v) is 3.74. The number of halogens is 3. The van der Waals surface area contributed by atoms with Crippen LogP contribution in [0.2, 0.25) is 0 Å². The standard InChI is InChI=1S/C15H17BrN2S.2ClH/c16-13-5-3-12(4-6-13)15(14-2-1-11-19-14)18-9-7-17-8-10-18;;/h1-6,11,15,17H,7-10H2;2*1H/t15-;;/m1../s1. The molecular weight excluding hydrogens is 391 g/mol. The molecule has 0 radical (unpaired) electrons. The molecule has 3 rings (SSSR count). The largest absolute Gasteiger partial charge is 0.314 e. The fourth-order valence-electron chi connectivity index (χ4n) is 2.59. The molecule has 2 aromatic rings. The minimum Gasteiger partial charge on any atom is -0.314 e. The highest BCUT2D eigenvalue weighted by atomic mass is 79.9. The maximum absolute atomic E-state index is 3.52. The molecule has 0 unspecified atom stereocenters. The van der Waals surface area contributed by atoms with E-state index in [9.17, 15) is 0 Å². The Balaban J connectivity index is 0.00000110. The number of hydrogen-bond donors (Lipinski definition) is 1. The van der Waals surface area contributed by atoms with Crippen molar-refractivity contribution < 1.29 is 0 Å². The number of hydrogen-bond acceptors (Lipinski definition) is 3. The Bertz CT molecular complexity index is 513. The fraction of sp³-hybridized carbons (Fsp3) is 0.333. The van der Waals surface area contributed by atoms with Crippen LogP contribution in [0.4, 0.5) is 0 Å². The van der Waals surface area contributed by atoms with E-state index in [1.54, 1.807) is 0 Å². The maximum atomic E-state index is 3.52. The number of nitrogens with one attached hydrogen (secondary N) is 1. The Kier molecular flexibility index (Phi) is 8.24. The lowest BCUT2D eigenvalue weighted by Gasteiger charge is -2.34. The molecule has 0 aliphatic carbocycles. The van der Waals surface area contributed by atoms with Crippen molar-refractivity contribution in [2.45, 2.75) is 6.04 Å². The van der Waals surface area contributed by atoms with Gasteiger partial charge in [0.15, 0.2) is 0 Å². The van der Waals surface area contributed by atoms with Gasteiger partial charge in [-0.2, -0.15) is 0 Å². The van der Waals surface area contributed by atoms with Gasteiger partial charge in [0.2, 0.25) is 0 Å². The molecule has 6 heteroatoms. The average Bonchev–Trinajstić information content (AvgIpc) is 2.96. The maximum Gasteiger partial charge on any atom is 0.0696 e. The Labute approximate surface area is 150 Å². The first-order valence-corrected chi connectivity index (χ1v) is 8.25. The van der Waals surface area contributed by atoms with Gasteiger partial charge in [-0.15, -0.1) is 36.2 Å². The number of benzene rings is 1. The molecule has 0 spiro atoms. The average molecular weight is 410 g/mol. The zero-order valence-electron chi connectivity index (χ0n) is 11.5. The molecule has 1 aliphatic rings. The highest BCUT2D eigenvalue weighted by molar-refractivity contribution is 9.10. The van der Waals surface area contributed by atoms with Gasteiger partial charge in [0.25, 0.3) is 0 Å². The van der Waals surface area contributed by atoms with Gasteiger partial charge in [0, 0.05) is 35.5 Å². The molecule has 1 fully saturated rings. The predicted octanol–water partition coefficient (Wildman–Crippen LogP) is 4.35. The van der Waals surface area contributed by atoms with E-state index in [1.165, 1.54) is 10.4 Å². The summed E-state index contributed by atoms with van der Waals surface area (Å²) < 4.78 is 1.14. The number of piperazine rings is 1. The molecule has 0 bridgehead atoms. The van der Waals surface area contributed by atoms with Gasteiger partial charge in [-0.1, -0.05) is 34.1 Å². The molecular formula is C15H19BrCl2N2S. The Morgan fingerprint density at radius 1 is 1.05 bits per heavy atom. The molecule has 0 saturated carbocycles. The van der Waals surface area contributed by atoms with E-state index >= 15 is 0 Å². The van der Waals surface area contributed by atoms with Crippen molar-refractivity contribution in [3.8, 4) is 0 Å². The second-order valence-corrected chi connectivity index (χ2v) is 6.65. The summed E-state index contributed by atoms with van der Waals surface area (Å²) in [6, 6.07) is 13.5. The third kappa shape index (κ3) is 4.68. The van der Waals surface area contributed by atoms with Crippen LogP contribution in [0.5, 0.6) is 0 Å². The number of thiophene rings is 1. The second-order valence-electron chi connectivity index (χ2n) is 4.76. The van der Waals surface area contributed by atoms with Crippen molar-refractivity contribution in [1.82, 2.24) is 10.2 Å². The van der Waals surface area contributed by atoms with Gasteiger partial charge < -0.3 is 5.32 Å². The molecule has 1 aromatic carbocycles. The summed E-state index contributed by atoms with van der Waals surface area (Å²) in [5, 5.41) is 5.60. The Hall–Kier alpha value is -0.100. The van der Waals surface area contributed by atoms with Crippen LogP contribution in [0.1, 0.15) is 16.5 Å². The summed E-state index contributed by atoms with van der Waals surface area (Å²) in [7, 11) is 0. The van der Waals surface area contributed by atoms with Crippen LogP contribution in [0, 0.1) is 0 Å². The highest BCUT2D eigenvalue weighted by Crippen LogP contribution is 2.32. The van der Waals surface area contributed by atoms with Gasteiger partial charge >= 0.3 is 0 Å². The molecule has 21 heavy (non-hydrogen) atoms. The first-order valence-electron chi connectivity index (χ1n) is 6.58. The van der Waals surface area contributed by atoms with Crippen molar-refractivity contribution in [2.75, 3.05) is 26.2 Å². The summed E-state index contributed by atoms with van der Waals surface area (Å²) in [5.74, 6) is 0. The third-order valence-electron chi connectivity index (χ3n) is 3.52. The zero-order valence-corrected chi connectivity index (χ0v) is 15.5. The van der Waals surface area contributed by atoms with Crippen molar-refractivity contribution in [1.29, 1.82) is 0 Å². The summed E-state index contributed by atoms with van der Waals surface area (Å²) in [5.41, 5.74) is 1.38. The molecule has 1 saturated heterocycles. The van der Waals surface area contributed by atoms with E-state index in [0.29, 0.717) is 6.04 Å². The van der Waals surface area contributed by atoms with Crippen molar-refractivity contribution >= 4 is 52.1 Å². The number of rotatable bonds is 3. The lowest BCUT2D eigenvalue weighted by molar-refractivity contribution is 0.200. The normalized spacial score (nSPS) is 16.6. The highest BCUT2D eigenvalue weighted by Gasteiger charge is 2.24. The van der Waals surface area contributed by atoms with E-state index in [0.717, 1.165) is 30.7 Å². The van der Waals surface area contributed by atoms with Crippen LogP contribution < -0.4 is 5.32 Å². The first kappa shape index (κ1) is 18.9. The van der Waals surface area contributed by atoms with E-state index in [1.807, 2.05) is 11.3 Å². The van der Waals surface area contributed by atoms with Gasteiger partial charge in [-0.05, 0) is 29.1 Å². The summed E-state index contributed by atoms with van der Waals surface area (Å²) >= 11 is 5.37. The van der Waals surface area contributed by atoms with E-state index < -0.39 is 0 Å². The summed E-state index contributed by atoms with van der Waals surface area (Å²) in [6.07, 6.45) is 0. The Morgan fingerprint density at radius 2 is 1.71 bits per heavy atom. The first-order chi connectivity index (χ1) is 9.34. The zero-order chi connectivity index (χ0) is 13.1. The van der Waals surface area contributed by atoms with Crippen LogP contribution in [-0.4, -0.2) is 31.1 Å². The van der Waals surface area contributed by atoms with Crippen LogP contribution in [0.15, 0.2) is 46.3 Å². The summed E-state index contributed by atoms with van der Waals surface area (Å²) in [4.78, 5) is 4.01. The molecule has 2 nitrogen and oxygen atoms in total. The van der Waals surface area contributed by atoms with Crippen LogP contribution in [0.25, 0.3) is 0 Å². The van der Waals surface area contributed by atoms with Crippen LogP contribution in [0.3, 0.4) is 0 Å². The monoisotopic (exact) mass is 408 g/mol. The van der Waals surface area contributed by atoms with E-state index in [-0.39, 0.29) is 24.8 Å². The van der Waals surface area contributed by atoms with Crippen LogP contribution >= 0.6 is 52.1 Å². The molecule has 116 valence electrons. The van der Waals surface area contributed by atoms with E-state index in [4.69, 9.17) is 0 Å². The summed E-state index contributed by atoms with van der Waals surface area (Å²) in [6.45, 7) is 4.38. The van der Waals surface area contributed by atoms with Crippen LogP contribution in [-0.2, 0) is 0 Å². The molecule has 2 heterocycles. The topological polar surface area (TPSA) is 15.3 Å². The smallest absolute Gasteiger partial charge is 0.0696 e. The molecule has 1 aliphatic heterocycles. The van der Waals surface area contributed by atoms with Crippen molar-refractivity contribution in [3.63, 3.8) is 0 Å². The minimum atomic E-state index is 0. The van der Waals surface area contributed by atoms with Gasteiger partial charge in [-0.3, -0.25) is 4.90 Å². The van der Waals surface area contributed by atoms with Crippen molar-refractivity contribution in [2.24, 2.45) is 0 Å². The van der Waals surface area contributed by atoms with E-state index in [2.05, 4.69) is 67.9 Å². The van der Waals surface area contributed by atoms with Gasteiger partial charge in [-0.25, -0.2) is 0 Å². The second kappa shape index (κ2) is 9.13. The predicted molar refractivity (Wildman–Crippen MR) is 99.2 cm³/mol. The van der Waals surface area contributed by atoms with Gasteiger partial charge in [0.1, 0.15) is 0 Å². The SMILES string of the molecule is Brc1ccc([C@H](c2cccs2)N2CCNCC2)cc1.Cl.Cl. The Morgan fingerprint density at radius 3 is 2.29 bits per heavy atom. The molecule has 0 amide bonds. The lowest BCUT2D eigenvalue weighted by Crippen LogP contribution is -2.45. The number of nitrogens with zero attached hydrogens (tertiary/aromatic N) is 1. The third-order valence-corrected chi connectivity index (χ3v) is 4.97. The van der Waals surface area contributed by atoms with Gasteiger partial charge in [0.05, 0.1) is 6.04 Å².